The van der Waals surface area contributed by atoms with Crippen molar-refractivity contribution in [3.05, 3.63) is 24.0 Å². The van der Waals surface area contributed by atoms with Crippen molar-refractivity contribution >= 4 is 5.82 Å². The SMILES string of the molecule is COc1ccc(Cn2ncc(N)n2)nn1. The topological polar surface area (TPSA) is 91.7 Å². The molecule has 2 aromatic rings. The lowest BCUT2D eigenvalue weighted by molar-refractivity contribution is 0.390. The fourth-order valence-corrected chi connectivity index (χ4v) is 1.07. The quantitative estimate of drug-likeness (QED) is 0.741. The molecule has 0 spiro atoms. The second-order valence-corrected chi connectivity index (χ2v) is 2.87. The van der Waals surface area contributed by atoms with Crippen molar-refractivity contribution < 1.29 is 4.74 Å². The van der Waals surface area contributed by atoms with Gasteiger partial charge < -0.3 is 10.5 Å². The third-order valence-corrected chi connectivity index (χ3v) is 1.76. The van der Waals surface area contributed by atoms with Crippen molar-refractivity contribution in [1.29, 1.82) is 0 Å². The van der Waals surface area contributed by atoms with Gasteiger partial charge in [-0.25, -0.2) is 0 Å². The maximum absolute atomic E-state index is 5.43. The first-order valence-corrected chi connectivity index (χ1v) is 4.30. The summed E-state index contributed by atoms with van der Waals surface area (Å²) >= 11 is 0. The summed E-state index contributed by atoms with van der Waals surface area (Å²) in [5.41, 5.74) is 6.17. The first kappa shape index (κ1) is 9.38. The zero-order valence-corrected chi connectivity index (χ0v) is 8.16. The first-order valence-electron chi connectivity index (χ1n) is 4.30. The number of nitrogen functional groups attached to an aromatic ring is 1. The van der Waals surface area contributed by atoms with E-state index in [2.05, 4.69) is 20.4 Å². The van der Waals surface area contributed by atoms with Crippen LogP contribution in [0.3, 0.4) is 0 Å². The minimum atomic E-state index is 0.386. The highest BCUT2D eigenvalue weighted by Gasteiger charge is 2.01. The van der Waals surface area contributed by atoms with Crippen molar-refractivity contribution in [2.45, 2.75) is 6.54 Å². The zero-order valence-electron chi connectivity index (χ0n) is 8.16. The predicted octanol–water partition coefficient (Wildman–Crippen LogP) is -0.293. The highest BCUT2D eigenvalue weighted by atomic mass is 16.5. The number of aromatic nitrogens is 5. The molecule has 2 N–H and O–H groups in total. The number of rotatable bonds is 3. The fourth-order valence-electron chi connectivity index (χ4n) is 1.07. The number of hydrogen-bond acceptors (Lipinski definition) is 6. The standard InChI is InChI=1S/C8H10N6O/c1-15-8-3-2-6(11-12-8)5-14-10-4-7(9)13-14/h2-4H,5H2,1H3,(H2,9,13). The monoisotopic (exact) mass is 206 g/mol. The number of methoxy groups -OCH3 is 1. The van der Waals surface area contributed by atoms with Crippen LogP contribution in [0.1, 0.15) is 5.69 Å². The van der Waals surface area contributed by atoms with E-state index in [1.807, 2.05) is 0 Å². The highest BCUT2D eigenvalue weighted by Crippen LogP contribution is 2.04. The number of nitrogens with zero attached hydrogens (tertiary/aromatic N) is 5. The Hall–Kier alpha value is -2.18. The van der Waals surface area contributed by atoms with Crippen molar-refractivity contribution in [2.75, 3.05) is 12.8 Å². The molecule has 0 bridgehead atoms. The Kier molecular flexibility index (Phi) is 2.44. The summed E-state index contributed by atoms with van der Waals surface area (Å²) < 4.78 is 4.89. The van der Waals surface area contributed by atoms with Crippen LogP contribution in [0.5, 0.6) is 5.88 Å². The summed E-state index contributed by atoms with van der Waals surface area (Å²) in [7, 11) is 1.54. The molecular formula is C8H10N6O. The second kappa shape index (κ2) is 3.91. The van der Waals surface area contributed by atoms with Crippen LogP contribution in [0.15, 0.2) is 18.3 Å². The smallest absolute Gasteiger partial charge is 0.233 e. The highest BCUT2D eigenvalue weighted by molar-refractivity contribution is 5.19. The molecule has 2 heterocycles. The Bertz CT molecular complexity index is 437. The minimum absolute atomic E-state index is 0.386. The molecule has 0 aliphatic heterocycles. The largest absolute Gasteiger partial charge is 0.480 e. The molecule has 0 amide bonds. The second-order valence-electron chi connectivity index (χ2n) is 2.87. The summed E-state index contributed by atoms with van der Waals surface area (Å²) in [5.74, 6) is 0.864. The molecule has 15 heavy (non-hydrogen) atoms. The fraction of sp³-hybridized carbons (Fsp3) is 0.250. The summed E-state index contributed by atoms with van der Waals surface area (Å²) in [6.45, 7) is 0.439. The molecule has 2 rings (SSSR count). The van der Waals surface area contributed by atoms with Crippen LogP contribution in [0.2, 0.25) is 0 Å². The van der Waals surface area contributed by atoms with Gasteiger partial charge >= 0.3 is 0 Å². The Morgan fingerprint density at radius 1 is 1.40 bits per heavy atom. The molecule has 78 valence electrons. The van der Waals surface area contributed by atoms with Crippen LogP contribution in [0.25, 0.3) is 0 Å². The normalized spacial score (nSPS) is 10.2. The van der Waals surface area contributed by atoms with E-state index in [0.29, 0.717) is 18.2 Å². The van der Waals surface area contributed by atoms with E-state index in [1.54, 1.807) is 19.2 Å². The average molecular weight is 206 g/mol. The number of hydrogen-bond donors (Lipinski definition) is 1. The van der Waals surface area contributed by atoms with E-state index in [9.17, 15) is 0 Å². The van der Waals surface area contributed by atoms with Crippen molar-refractivity contribution in [3.8, 4) is 5.88 Å². The third-order valence-electron chi connectivity index (χ3n) is 1.76. The lowest BCUT2D eigenvalue weighted by Gasteiger charge is -2.00. The van der Waals surface area contributed by atoms with Gasteiger partial charge in [0.25, 0.3) is 0 Å². The molecule has 0 aliphatic rings. The number of ether oxygens (including phenoxy) is 1. The Morgan fingerprint density at radius 2 is 2.27 bits per heavy atom. The Morgan fingerprint density at radius 3 is 2.80 bits per heavy atom. The van der Waals surface area contributed by atoms with Gasteiger partial charge in [-0.15, -0.1) is 15.3 Å². The van der Waals surface area contributed by atoms with E-state index in [1.165, 1.54) is 11.0 Å². The lowest BCUT2D eigenvalue weighted by Crippen LogP contribution is -2.06. The van der Waals surface area contributed by atoms with E-state index in [4.69, 9.17) is 10.5 Å². The van der Waals surface area contributed by atoms with Crippen molar-refractivity contribution in [2.24, 2.45) is 0 Å². The summed E-state index contributed by atoms with van der Waals surface area (Å²) in [4.78, 5) is 1.45. The molecule has 0 unspecified atom stereocenters. The van der Waals surface area contributed by atoms with Gasteiger partial charge in [0.1, 0.15) is 6.54 Å². The van der Waals surface area contributed by atoms with E-state index < -0.39 is 0 Å². The third kappa shape index (κ3) is 2.19. The van der Waals surface area contributed by atoms with Gasteiger partial charge in [0.2, 0.25) is 5.88 Å². The Balaban J connectivity index is 2.11. The van der Waals surface area contributed by atoms with Gasteiger partial charge in [0, 0.05) is 6.07 Å². The maximum atomic E-state index is 5.43. The van der Waals surface area contributed by atoms with Crippen LogP contribution >= 0.6 is 0 Å². The molecular weight excluding hydrogens is 196 g/mol. The first-order chi connectivity index (χ1) is 7.28. The molecule has 0 saturated heterocycles. The summed E-state index contributed by atoms with van der Waals surface area (Å²) in [5, 5.41) is 15.6. The maximum Gasteiger partial charge on any atom is 0.233 e. The summed E-state index contributed by atoms with van der Waals surface area (Å²) in [6, 6.07) is 3.53. The zero-order chi connectivity index (χ0) is 10.7. The van der Waals surface area contributed by atoms with Crippen molar-refractivity contribution in [1.82, 2.24) is 25.2 Å². The molecule has 0 atom stereocenters. The molecule has 7 nitrogen and oxygen atoms in total. The average Bonchev–Trinajstić information content (AvgIpc) is 2.65. The van der Waals surface area contributed by atoms with E-state index >= 15 is 0 Å². The van der Waals surface area contributed by atoms with Crippen LogP contribution in [0.4, 0.5) is 5.82 Å². The van der Waals surface area contributed by atoms with Gasteiger partial charge in [-0.05, 0) is 6.07 Å². The van der Waals surface area contributed by atoms with Gasteiger partial charge in [-0.2, -0.15) is 9.90 Å². The van der Waals surface area contributed by atoms with Gasteiger partial charge in [-0.1, -0.05) is 0 Å². The molecule has 0 aliphatic carbocycles. The minimum Gasteiger partial charge on any atom is -0.480 e. The van der Waals surface area contributed by atoms with E-state index in [-0.39, 0.29) is 0 Å². The lowest BCUT2D eigenvalue weighted by atomic mass is 10.4. The molecule has 0 radical (unpaired) electrons. The van der Waals surface area contributed by atoms with Gasteiger partial charge in [0.05, 0.1) is 19.0 Å². The number of nitrogens with two attached hydrogens (primary N) is 1. The molecule has 0 fully saturated rings. The van der Waals surface area contributed by atoms with E-state index in [0.717, 1.165) is 5.69 Å². The van der Waals surface area contributed by atoms with Gasteiger partial charge in [0.15, 0.2) is 5.82 Å². The predicted molar refractivity (Wildman–Crippen MR) is 52.1 cm³/mol. The molecule has 0 aromatic carbocycles. The van der Waals surface area contributed by atoms with Crippen LogP contribution in [0, 0.1) is 0 Å². The van der Waals surface area contributed by atoms with Gasteiger partial charge in [-0.3, -0.25) is 0 Å². The van der Waals surface area contributed by atoms with Crippen LogP contribution in [-0.2, 0) is 6.54 Å². The number of anilines is 1. The Labute approximate surface area is 85.9 Å². The van der Waals surface area contributed by atoms with Crippen LogP contribution < -0.4 is 10.5 Å². The summed E-state index contributed by atoms with van der Waals surface area (Å²) in [6.07, 6.45) is 1.48. The molecule has 2 aromatic heterocycles. The van der Waals surface area contributed by atoms with Crippen LogP contribution in [-0.4, -0.2) is 32.3 Å². The van der Waals surface area contributed by atoms with Crippen molar-refractivity contribution in [3.63, 3.8) is 0 Å². The molecule has 7 heteroatoms. The molecule has 0 saturated carbocycles.